The van der Waals surface area contributed by atoms with E-state index in [0.29, 0.717) is 0 Å². The van der Waals surface area contributed by atoms with Crippen molar-refractivity contribution in [2.75, 3.05) is 6.54 Å². The molecule has 5 unspecified atom stereocenters. The van der Waals surface area contributed by atoms with Crippen LogP contribution in [0.15, 0.2) is 0 Å². The highest BCUT2D eigenvalue weighted by Gasteiger charge is 2.56. The molecule has 104 valence electrons. The molecule has 0 radical (unpaired) electrons. The highest BCUT2D eigenvalue weighted by atomic mass is 14.9. The molecule has 1 heteroatoms. The first-order valence-electron chi connectivity index (χ1n) is 8.58. The van der Waals surface area contributed by atoms with Gasteiger partial charge in [-0.25, -0.2) is 0 Å². The SMILES string of the molecule is CCNC(C1CCCC(CC)C1)C1C2CCCC21. The first-order chi connectivity index (χ1) is 8.85. The molecule has 5 atom stereocenters. The minimum Gasteiger partial charge on any atom is -0.314 e. The van der Waals surface area contributed by atoms with Crippen LogP contribution in [0, 0.1) is 29.6 Å². The highest BCUT2D eigenvalue weighted by Crippen LogP contribution is 2.60. The minimum atomic E-state index is 0.875. The Labute approximate surface area is 113 Å². The quantitative estimate of drug-likeness (QED) is 0.769. The second kappa shape index (κ2) is 5.53. The highest BCUT2D eigenvalue weighted by molar-refractivity contribution is 5.08. The van der Waals surface area contributed by atoms with Gasteiger partial charge in [-0.2, -0.15) is 0 Å². The van der Waals surface area contributed by atoms with Crippen LogP contribution in [-0.2, 0) is 0 Å². The van der Waals surface area contributed by atoms with Crippen molar-refractivity contribution >= 4 is 0 Å². The maximum Gasteiger partial charge on any atom is 0.0129 e. The molecule has 0 saturated heterocycles. The summed E-state index contributed by atoms with van der Waals surface area (Å²) in [6, 6.07) is 0.875. The van der Waals surface area contributed by atoms with E-state index in [1.165, 1.54) is 45.1 Å². The Kier molecular flexibility index (Phi) is 3.98. The molecule has 0 bridgehead atoms. The Morgan fingerprint density at radius 3 is 2.39 bits per heavy atom. The summed E-state index contributed by atoms with van der Waals surface area (Å²) in [5, 5.41) is 3.89. The van der Waals surface area contributed by atoms with Crippen LogP contribution < -0.4 is 5.32 Å². The number of fused-ring (bicyclic) bond motifs is 1. The third kappa shape index (κ3) is 2.35. The molecule has 18 heavy (non-hydrogen) atoms. The summed E-state index contributed by atoms with van der Waals surface area (Å²) < 4.78 is 0. The van der Waals surface area contributed by atoms with Gasteiger partial charge in [0.05, 0.1) is 0 Å². The Morgan fingerprint density at radius 2 is 1.72 bits per heavy atom. The molecule has 0 aromatic carbocycles. The summed E-state index contributed by atoms with van der Waals surface area (Å²) in [6.45, 7) is 5.86. The molecule has 3 aliphatic carbocycles. The molecule has 3 saturated carbocycles. The molecule has 0 aromatic rings. The Bertz CT molecular complexity index is 265. The zero-order valence-corrected chi connectivity index (χ0v) is 12.3. The van der Waals surface area contributed by atoms with Gasteiger partial charge in [-0.1, -0.05) is 39.5 Å². The largest absolute Gasteiger partial charge is 0.314 e. The second-order valence-corrected chi connectivity index (χ2v) is 7.12. The molecular formula is C17H31N. The number of hydrogen-bond acceptors (Lipinski definition) is 1. The fourth-order valence-electron chi connectivity index (χ4n) is 5.29. The van der Waals surface area contributed by atoms with Crippen LogP contribution in [-0.4, -0.2) is 12.6 Å². The zero-order chi connectivity index (χ0) is 12.5. The van der Waals surface area contributed by atoms with E-state index in [-0.39, 0.29) is 0 Å². The van der Waals surface area contributed by atoms with Crippen LogP contribution in [0.4, 0.5) is 0 Å². The van der Waals surface area contributed by atoms with Crippen molar-refractivity contribution in [2.24, 2.45) is 29.6 Å². The van der Waals surface area contributed by atoms with Crippen molar-refractivity contribution in [1.29, 1.82) is 0 Å². The van der Waals surface area contributed by atoms with E-state index in [1.54, 1.807) is 12.8 Å². The summed E-state index contributed by atoms with van der Waals surface area (Å²) >= 11 is 0. The number of nitrogens with one attached hydrogen (secondary N) is 1. The zero-order valence-electron chi connectivity index (χ0n) is 12.3. The standard InChI is InChI=1S/C17H31N/c1-3-12-7-5-8-13(11-12)17(18-4-2)16-14-9-6-10-15(14)16/h12-18H,3-11H2,1-2H3. The van der Waals surface area contributed by atoms with Crippen molar-refractivity contribution in [3.63, 3.8) is 0 Å². The van der Waals surface area contributed by atoms with Crippen molar-refractivity contribution in [3.8, 4) is 0 Å². The van der Waals surface area contributed by atoms with Crippen LogP contribution in [0.1, 0.15) is 65.2 Å². The predicted octanol–water partition coefficient (Wildman–Crippen LogP) is 4.23. The van der Waals surface area contributed by atoms with Gasteiger partial charge in [-0.05, 0) is 61.8 Å². The van der Waals surface area contributed by atoms with E-state index < -0.39 is 0 Å². The van der Waals surface area contributed by atoms with Crippen molar-refractivity contribution < 1.29 is 0 Å². The Balaban J connectivity index is 1.62. The molecular weight excluding hydrogens is 218 g/mol. The molecule has 3 fully saturated rings. The average molecular weight is 249 g/mol. The molecule has 1 nitrogen and oxygen atoms in total. The first-order valence-corrected chi connectivity index (χ1v) is 8.58. The predicted molar refractivity (Wildman–Crippen MR) is 77.5 cm³/mol. The Hall–Kier alpha value is -0.0400. The summed E-state index contributed by atoms with van der Waals surface area (Å²) in [5.74, 6) is 5.34. The lowest BCUT2D eigenvalue weighted by atomic mass is 9.75. The van der Waals surface area contributed by atoms with Gasteiger partial charge in [-0.3, -0.25) is 0 Å². The maximum atomic E-state index is 3.89. The summed E-state index contributed by atoms with van der Waals surface area (Å²) in [6.07, 6.45) is 12.0. The van der Waals surface area contributed by atoms with Crippen molar-refractivity contribution in [2.45, 2.75) is 71.3 Å². The van der Waals surface area contributed by atoms with Gasteiger partial charge in [0, 0.05) is 6.04 Å². The molecule has 0 aliphatic heterocycles. The van der Waals surface area contributed by atoms with Crippen LogP contribution in [0.3, 0.4) is 0 Å². The molecule has 0 heterocycles. The van der Waals surface area contributed by atoms with Crippen LogP contribution in [0.25, 0.3) is 0 Å². The van der Waals surface area contributed by atoms with Crippen molar-refractivity contribution in [3.05, 3.63) is 0 Å². The van der Waals surface area contributed by atoms with Crippen molar-refractivity contribution in [1.82, 2.24) is 5.32 Å². The van der Waals surface area contributed by atoms with E-state index in [1.807, 2.05) is 0 Å². The fourth-order valence-corrected chi connectivity index (χ4v) is 5.29. The van der Waals surface area contributed by atoms with Crippen LogP contribution in [0.5, 0.6) is 0 Å². The topological polar surface area (TPSA) is 12.0 Å². The van der Waals surface area contributed by atoms with E-state index in [2.05, 4.69) is 19.2 Å². The summed E-state index contributed by atoms with van der Waals surface area (Å²) in [7, 11) is 0. The molecule has 3 rings (SSSR count). The maximum absolute atomic E-state index is 3.89. The fraction of sp³-hybridized carbons (Fsp3) is 1.00. The lowest BCUT2D eigenvalue weighted by Gasteiger charge is -2.36. The lowest BCUT2D eigenvalue weighted by Crippen LogP contribution is -2.41. The van der Waals surface area contributed by atoms with Gasteiger partial charge >= 0.3 is 0 Å². The van der Waals surface area contributed by atoms with Gasteiger partial charge in [0.15, 0.2) is 0 Å². The average Bonchev–Trinajstić information content (AvgIpc) is 2.87. The summed E-state index contributed by atoms with van der Waals surface area (Å²) in [5.41, 5.74) is 0. The van der Waals surface area contributed by atoms with E-state index in [9.17, 15) is 0 Å². The van der Waals surface area contributed by atoms with E-state index in [4.69, 9.17) is 0 Å². The van der Waals surface area contributed by atoms with Gasteiger partial charge in [0.1, 0.15) is 0 Å². The van der Waals surface area contributed by atoms with Gasteiger partial charge in [-0.15, -0.1) is 0 Å². The minimum absolute atomic E-state index is 0.875. The van der Waals surface area contributed by atoms with Gasteiger partial charge in [0.25, 0.3) is 0 Å². The monoisotopic (exact) mass is 249 g/mol. The normalized spacial score (nSPS) is 44.7. The molecule has 3 aliphatic rings. The van der Waals surface area contributed by atoms with Crippen LogP contribution >= 0.6 is 0 Å². The second-order valence-electron chi connectivity index (χ2n) is 7.12. The molecule has 1 N–H and O–H groups in total. The van der Waals surface area contributed by atoms with E-state index >= 15 is 0 Å². The first kappa shape index (κ1) is 13.0. The van der Waals surface area contributed by atoms with Crippen LogP contribution in [0.2, 0.25) is 0 Å². The Morgan fingerprint density at radius 1 is 1.00 bits per heavy atom. The van der Waals surface area contributed by atoms with Gasteiger partial charge < -0.3 is 5.32 Å². The summed E-state index contributed by atoms with van der Waals surface area (Å²) in [4.78, 5) is 0. The molecule has 0 aromatic heterocycles. The van der Waals surface area contributed by atoms with E-state index in [0.717, 1.165) is 35.6 Å². The van der Waals surface area contributed by atoms with Gasteiger partial charge in [0.2, 0.25) is 0 Å². The third-order valence-corrected chi connectivity index (χ3v) is 6.24. The number of rotatable bonds is 5. The third-order valence-electron chi connectivity index (χ3n) is 6.24. The smallest absolute Gasteiger partial charge is 0.0129 e. The number of hydrogen-bond donors (Lipinski definition) is 1. The molecule has 0 spiro atoms. The lowest BCUT2D eigenvalue weighted by molar-refractivity contribution is 0.186. The molecule has 0 amide bonds.